The number of likely N-dealkylation sites (N-methyl/N-ethyl adjacent to an activating group) is 2. The van der Waals surface area contributed by atoms with Gasteiger partial charge in [-0.2, -0.15) is 0 Å². The minimum atomic E-state index is -0.485. The van der Waals surface area contributed by atoms with Crippen LogP contribution in [0.1, 0.15) is 17.5 Å². The van der Waals surface area contributed by atoms with Crippen molar-refractivity contribution in [3.8, 4) is 0 Å². The molecule has 10 nitrogen and oxygen atoms in total. The van der Waals surface area contributed by atoms with Gasteiger partial charge in [0.05, 0.1) is 32.7 Å². The zero-order valence-electron chi connectivity index (χ0n) is 27.3. The molecule has 0 fully saturated rings. The Morgan fingerprint density at radius 3 is 1.66 bits per heavy atom. The molecular weight excluding hydrogens is 620 g/mol. The molecule has 0 bridgehead atoms. The minimum Gasteiger partial charge on any atom is -0.469 e. The van der Waals surface area contributed by atoms with E-state index in [4.69, 9.17) is 5.73 Å². The van der Waals surface area contributed by atoms with Crippen LogP contribution >= 0.6 is 12.4 Å². The van der Waals surface area contributed by atoms with Crippen molar-refractivity contribution in [2.75, 3.05) is 34.9 Å². The summed E-state index contributed by atoms with van der Waals surface area (Å²) in [7, 11) is 5.87. The maximum atomic E-state index is 12.0. The highest BCUT2D eigenvalue weighted by Crippen LogP contribution is 2.17. The molecule has 11 heteroatoms. The second-order valence-electron chi connectivity index (χ2n) is 10.2. The lowest BCUT2D eigenvalue weighted by Crippen LogP contribution is -2.45. The molecule has 0 spiro atoms. The van der Waals surface area contributed by atoms with Crippen LogP contribution in [0.2, 0.25) is 0 Å². The largest absolute Gasteiger partial charge is 0.469 e. The number of nitrogens with one attached hydrogen (secondary N) is 3. The Hall–Kier alpha value is -4.77. The standard InChI is InChI=1S/C18H22N2O3.C14H16N2O.C4H6O2.ClH/c1-19-18(22)16(20-10-9-17(21)23-2)12-13-7-8-14-5-3-4-6-15(14)11-13;1-16-14(17)13(15)9-10-6-7-11-4-2-3-5-12(11)8-10;1-3-4(5)6-2;/h3-8,11,16,20H,9-10,12H2,1-2H3,(H,19,22);2-8,13H,9,15H2,1H3,(H,16,17);3H,1H2,2H3;1H/t16-;13-;;/m00../s1. The van der Waals surface area contributed by atoms with Crippen LogP contribution in [0.25, 0.3) is 21.5 Å². The predicted octanol–water partition coefficient (Wildman–Crippen LogP) is 3.87. The molecule has 0 unspecified atom stereocenters. The molecule has 0 aliphatic rings. The number of methoxy groups -OCH3 is 2. The van der Waals surface area contributed by atoms with E-state index < -0.39 is 12.0 Å². The van der Waals surface area contributed by atoms with Gasteiger partial charge < -0.3 is 31.2 Å². The molecular formula is C36H45ClN4O6. The Bertz CT molecular complexity index is 1610. The Labute approximate surface area is 282 Å². The third kappa shape index (κ3) is 14.0. The number of carbonyl (C=O) groups excluding carboxylic acids is 4. The van der Waals surface area contributed by atoms with E-state index in [1.807, 2.05) is 36.4 Å². The lowest BCUT2D eigenvalue weighted by atomic mass is 10.0. The van der Waals surface area contributed by atoms with Crippen molar-refractivity contribution in [1.82, 2.24) is 16.0 Å². The van der Waals surface area contributed by atoms with E-state index in [2.05, 4.69) is 80.5 Å². The number of nitrogens with two attached hydrogens (primary N) is 1. The normalized spacial score (nSPS) is 11.2. The molecule has 0 aliphatic carbocycles. The van der Waals surface area contributed by atoms with Crippen LogP contribution in [0.4, 0.5) is 0 Å². The fourth-order valence-electron chi connectivity index (χ4n) is 4.46. The lowest BCUT2D eigenvalue weighted by molar-refractivity contribution is -0.140. The molecule has 47 heavy (non-hydrogen) atoms. The molecule has 0 aliphatic heterocycles. The van der Waals surface area contributed by atoms with E-state index in [0.717, 1.165) is 22.6 Å². The number of benzene rings is 4. The maximum Gasteiger partial charge on any atom is 0.329 e. The highest BCUT2D eigenvalue weighted by molar-refractivity contribution is 5.86. The van der Waals surface area contributed by atoms with Gasteiger partial charge in [0.1, 0.15) is 0 Å². The second-order valence-corrected chi connectivity index (χ2v) is 10.2. The first-order valence-electron chi connectivity index (χ1n) is 14.8. The number of esters is 2. The minimum absolute atomic E-state index is 0. The number of ether oxygens (including phenoxy) is 2. The summed E-state index contributed by atoms with van der Waals surface area (Å²) in [6, 6.07) is 27.7. The zero-order valence-corrected chi connectivity index (χ0v) is 28.1. The lowest BCUT2D eigenvalue weighted by Gasteiger charge is -2.17. The van der Waals surface area contributed by atoms with Crippen LogP contribution in [-0.2, 0) is 41.5 Å². The van der Waals surface area contributed by atoms with Crippen molar-refractivity contribution in [3.05, 3.63) is 109 Å². The van der Waals surface area contributed by atoms with E-state index >= 15 is 0 Å². The summed E-state index contributed by atoms with van der Waals surface area (Å²) in [5.74, 6) is -0.907. The molecule has 252 valence electrons. The third-order valence-electron chi connectivity index (χ3n) is 6.98. The van der Waals surface area contributed by atoms with Crippen molar-refractivity contribution in [1.29, 1.82) is 0 Å². The molecule has 4 rings (SSSR count). The SMILES string of the molecule is C=CC(=O)OC.CNC(=O)[C@@H](N)Cc1ccc2ccccc2c1.CNC(=O)[C@H](Cc1ccc2ccccc2c1)NCCC(=O)OC.Cl. The van der Waals surface area contributed by atoms with Crippen molar-refractivity contribution in [2.24, 2.45) is 5.73 Å². The van der Waals surface area contributed by atoms with Gasteiger partial charge in [-0.15, -0.1) is 12.4 Å². The van der Waals surface area contributed by atoms with E-state index in [9.17, 15) is 19.2 Å². The Kier molecular flexibility index (Phi) is 18.7. The summed E-state index contributed by atoms with van der Waals surface area (Å²) in [5.41, 5.74) is 7.95. The molecule has 2 atom stereocenters. The van der Waals surface area contributed by atoms with Crippen molar-refractivity contribution < 1.29 is 28.7 Å². The molecule has 0 saturated heterocycles. The number of fused-ring (bicyclic) bond motifs is 2. The fourth-order valence-corrected chi connectivity index (χ4v) is 4.46. The highest BCUT2D eigenvalue weighted by atomic mass is 35.5. The summed E-state index contributed by atoms with van der Waals surface area (Å²) < 4.78 is 8.75. The predicted molar refractivity (Wildman–Crippen MR) is 189 cm³/mol. The van der Waals surface area contributed by atoms with Crippen LogP contribution in [0.5, 0.6) is 0 Å². The average molecular weight is 665 g/mol. The van der Waals surface area contributed by atoms with Gasteiger partial charge in [0.25, 0.3) is 0 Å². The van der Waals surface area contributed by atoms with Gasteiger partial charge in [-0.3, -0.25) is 14.4 Å². The smallest absolute Gasteiger partial charge is 0.329 e. The number of carbonyl (C=O) groups is 4. The topological polar surface area (TPSA) is 149 Å². The third-order valence-corrected chi connectivity index (χ3v) is 6.98. The summed E-state index contributed by atoms with van der Waals surface area (Å²) in [6.45, 7) is 3.56. The van der Waals surface area contributed by atoms with Crippen LogP contribution in [0.3, 0.4) is 0 Å². The van der Waals surface area contributed by atoms with E-state index in [0.29, 0.717) is 19.4 Å². The Morgan fingerprint density at radius 1 is 0.745 bits per heavy atom. The first-order valence-corrected chi connectivity index (χ1v) is 14.8. The summed E-state index contributed by atoms with van der Waals surface area (Å²) in [6.07, 6.45) is 2.47. The number of halogens is 1. The fraction of sp³-hybridized carbons (Fsp3) is 0.278. The van der Waals surface area contributed by atoms with Gasteiger partial charge >= 0.3 is 11.9 Å². The monoisotopic (exact) mass is 664 g/mol. The van der Waals surface area contributed by atoms with Crippen LogP contribution < -0.4 is 21.7 Å². The molecule has 0 radical (unpaired) electrons. The first-order chi connectivity index (χ1) is 22.1. The molecule has 5 N–H and O–H groups in total. The Balaban J connectivity index is 0.000000405. The average Bonchev–Trinajstić information content (AvgIpc) is 3.10. The molecule has 0 aromatic heterocycles. The van der Waals surface area contributed by atoms with Crippen LogP contribution in [0, 0.1) is 0 Å². The van der Waals surface area contributed by atoms with Gasteiger partial charge in [-0.25, -0.2) is 4.79 Å². The molecule has 4 aromatic carbocycles. The van der Waals surface area contributed by atoms with E-state index in [1.165, 1.54) is 30.4 Å². The molecule has 0 heterocycles. The van der Waals surface area contributed by atoms with Crippen LogP contribution in [-0.4, -0.2) is 70.7 Å². The van der Waals surface area contributed by atoms with E-state index in [1.54, 1.807) is 14.1 Å². The second kappa shape index (κ2) is 21.9. The number of hydrogen-bond acceptors (Lipinski definition) is 8. The Morgan fingerprint density at radius 2 is 1.23 bits per heavy atom. The molecule has 0 saturated carbocycles. The van der Waals surface area contributed by atoms with Gasteiger partial charge in [-0.05, 0) is 45.5 Å². The van der Waals surface area contributed by atoms with Crippen molar-refractivity contribution >= 4 is 57.7 Å². The first kappa shape index (κ1) is 40.3. The van der Waals surface area contributed by atoms with Gasteiger partial charge in [-0.1, -0.05) is 91.5 Å². The maximum absolute atomic E-state index is 12.0. The highest BCUT2D eigenvalue weighted by Gasteiger charge is 2.18. The van der Waals surface area contributed by atoms with Gasteiger partial charge in [0.15, 0.2) is 0 Å². The van der Waals surface area contributed by atoms with Crippen LogP contribution in [0.15, 0.2) is 97.6 Å². The number of hydrogen-bond donors (Lipinski definition) is 4. The quantitative estimate of drug-likeness (QED) is 0.140. The van der Waals surface area contributed by atoms with Gasteiger partial charge in [0, 0.05) is 26.7 Å². The number of rotatable bonds is 11. The zero-order chi connectivity index (χ0) is 33.9. The van der Waals surface area contributed by atoms with Crippen molar-refractivity contribution in [3.63, 3.8) is 0 Å². The summed E-state index contributed by atoms with van der Waals surface area (Å²) in [5, 5.41) is 13.0. The van der Waals surface area contributed by atoms with Gasteiger partial charge in [0.2, 0.25) is 11.8 Å². The summed E-state index contributed by atoms with van der Waals surface area (Å²) >= 11 is 0. The van der Waals surface area contributed by atoms with Crippen molar-refractivity contribution in [2.45, 2.75) is 31.3 Å². The molecule has 2 amide bonds. The van der Waals surface area contributed by atoms with E-state index in [-0.39, 0.29) is 42.7 Å². The number of amides is 2. The molecule has 4 aromatic rings. The summed E-state index contributed by atoms with van der Waals surface area (Å²) in [4.78, 5) is 44.4.